The molecule has 4 atom stereocenters. The molecule has 0 amide bonds. The number of hydrogen-bond acceptors (Lipinski definition) is 4. The van der Waals surface area contributed by atoms with E-state index in [1.165, 1.54) is 0 Å². The van der Waals surface area contributed by atoms with E-state index in [0.29, 0.717) is 6.42 Å². The van der Waals surface area contributed by atoms with Crippen molar-refractivity contribution in [2.75, 3.05) is 0 Å². The van der Waals surface area contributed by atoms with Crippen LogP contribution in [0.25, 0.3) is 0 Å². The number of hydrogen-bond donors (Lipinski definition) is 3. The summed E-state index contributed by atoms with van der Waals surface area (Å²) in [5.41, 5.74) is 0.0656. The molecular formula is C17H30O5. The van der Waals surface area contributed by atoms with Gasteiger partial charge in [0.2, 0.25) is 0 Å². The molecule has 128 valence electrons. The van der Waals surface area contributed by atoms with Gasteiger partial charge in [0, 0.05) is 24.7 Å². The van der Waals surface area contributed by atoms with E-state index in [1.54, 1.807) is 0 Å². The van der Waals surface area contributed by atoms with E-state index in [9.17, 15) is 19.8 Å². The molecule has 1 aliphatic rings. The number of unbranched alkanes of at least 4 members (excludes halogenated alkanes) is 1. The van der Waals surface area contributed by atoms with Gasteiger partial charge in [0.05, 0.1) is 18.6 Å². The number of aliphatic hydroxyl groups excluding tert-OH is 2. The summed E-state index contributed by atoms with van der Waals surface area (Å²) in [5, 5.41) is 28.8. The maximum Gasteiger partial charge on any atom is 0.303 e. The highest BCUT2D eigenvalue weighted by molar-refractivity contribution is 5.83. The van der Waals surface area contributed by atoms with Crippen LogP contribution in [0.1, 0.15) is 65.7 Å². The lowest BCUT2D eigenvalue weighted by molar-refractivity contribution is -0.140. The van der Waals surface area contributed by atoms with Crippen LogP contribution in [-0.4, -0.2) is 39.3 Å². The average molecular weight is 314 g/mol. The maximum atomic E-state index is 12.4. The summed E-state index contributed by atoms with van der Waals surface area (Å²) in [5.74, 6) is -2.56. The molecule has 0 saturated heterocycles. The van der Waals surface area contributed by atoms with Gasteiger partial charge in [0.15, 0.2) is 0 Å². The molecule has 0 radical (unpaired) electrons. The molecule has 0 unspecified atom stereocenters. The van der Waals surface area contributed by atoms with E-state index in [-0.39, 0.29) is 24.0 Å². The number of carbonyl (C=O) groups is 2. The van der Waals surface area contributed by atoms with Crippen LogP contribution in [0.5, 0.6) is 0 Å². The van der Waals surface area contributed by atoms with E-state index in [1.807, 2.05) is 0 Å². The highest BCUT2D eigenvalue weighted by atomic mass is 16.4. The van der Waals surface area contributed by atoms with E-state index in [2.05, 4.69) is 20.8 Å². The van der Waals surface area contributed by atoms with Crippen molar-refractivity contribution < 1.29 is 24.9 Å². The van der Waals surface area contributed by atoms with Crippen molar-refractivity contribution in [2.24, 2.45) is 17.3 Å². The summed E-state index contributed by atoms with van der Waals surface area (Å²) in [7, 11) is 0. The van der Waals surface area contributed by atoms with Crippen molar-refractivity contribution in [2.45, 2.75) is 77.9 Å². The van der Waals surface area contributed by atoms with E-state index >= 15 is 0 Å². The number of aliphatic carboxylic acids is 1. The van der Waals surface area contributed by atoms with Gasteiger partial charge >= 0.3 is 5.97 Å². The van der Waals surface area contributed by atoms with Crippen LogP contribution in [0.3, 0.4) is 0 Å². The Labute approximate surface area is 132 Å². The van der Waals surface area contributed by atoms with Crippen LogP contribution < -0.4 is 0 Å². The van der Waals surface area contributed by atoms with E-state index in [4.69, 9.17) is 5.11 Å². The zero-order valence-electron chi connectivity index (χ0n) is 13.9. The fourth-order valence-electron chi connectivity index (χ4n) is 3.42. The van der Waals surface area contributed by atoms with Gasteiger partial charge in [-0.15, -0.1) is 0 Å². The Morgan fingerprint density at radius 2 is 1.77 bits per heavy atom. The van der Waals surface area contributed by atoms with Gasteiger partial charge in [-0.2, -0.15) is 0 Å². The number of carbonyl (C=O) groups excluding carboxylic acids is 1. The van der Waals surface area contributed by atoms with E-state index < -0.39 is 30.0 Å². The molecular weight excluding hydrogens is 284 g/mol. The molecule has 0 heterocycles. The summed E-state index contributed by atoms with van der Waals surface area (Å²) in [6.07, 6.45) is 2.33. The minimum Gasteiger partial charge on any atom is -0.481 e. The summed E-state index contributed by atoms with van der Waals surface area (Å²) in [4.78, 5) is 23.4. The molecule has 5 nitrogen and oxygen atoms in total. The lowest BCUT2D eigenvalue weighted by Gasteiger charge is -2.26. The minimum atomic E-state index is -1.04. The van der Waals surface area contributed by atoms with Crippen molar-refractivity contribution in [1.29, 1.82) is 0 Å². The third-order valence-corrected chi connectivity index (χ3v) is 4.89. The van der Waals surface area contributed by atoms with Gasteiger partial charge in [-0.05, 0) is 18.3 Å². The Morgan fingerprint density at radius 1 is 1.14 bits per heavy atom. The molecule has 0 aromatic rings. The number of carboxylic acid groups (broad SMARTS) is 1. The van der Waals surface area contributed by atoms with Crippen LogP contribution in [0.15, 0.2) is 0 Å². The van der Waals surface area contributed by atoms with Crippen LogP contribution in [0.4, 0.5) is 0 Å². The van der Waals surface area contributed by atoms with Crippen molar-refractivity contribution in [1.82, 2.24) is 0 Å². The highest BCUT2D eigenvalue weighted by Crippen LogP contribution is 2.38. The topological polar surface area (TPSA) is 94.8 Å². The summed E-state index contributed by atoms with van der Waals surface area (Å²) in [6, 6.07) is 0. The summed E-state index contributed by atoms with van der Waals surface area (Å²) in [6.45, 7) is 6.39. The van der Waals surface area contributed by atoms with Gasteiger partial charge in [0.25, 0.3) is 0 Å². The first-order chi connectivity index (χ1) is 10.2. The van der Waals surface area contributed by atoms with Gasteiger partial charge in [-0.3, -0.25) is 9.59 Å². The van der Waals surface area contributed by atoms with Crippen molar-refractivity contribution >= 4 is 11.8 Å². The minimum absolute atomic E-state index is 0.0656. The number of Topliss-reactive ketones (excluding diaryl/α,β-unsaturated/α-hetero) is 1. The Kier molecular flexibility index (Phi) is 7.00. The lowest BCUT2D eigenvalue weighted by atomic mass is 9.79. The molecule has 0 aromatic heterocycles. The first-order valence-corrected chi connectivity index (χ1v) is 8.28. The Balaban J connectivity index is 2.63. The standard InChI is InChI=1S/C17H30O5/c1-4-5-7-17(2,3)8-6-12(18)16-11(9-15(21)22)13(19)10-14(16)20/h11,13-14,16,19-20H,4-10H2,1-3H3,(H,21,22)/t11-,13-,14+,16-/m0/s1. The normalized spacial score (nSPS) is 28.8. The molecule has 1 saturated carbocycles. The van der Waals surface area contributed by atoms with Crippen LogP contribution in [0.2, 0.25) is 0 Å². The second kappa shape index (κ2) is 8.06. The molecule has 5 heteroatoms. The molecule has 1 aliphatic carbocycles. The third kappa shape index (κ3) is 5.36. The summed E-state index contributed by atoms with van der Waals surface area (Å²) < 4.78 is 0. The average Bonchev–Trinajstić information content (AvgIpc) is 2.68. The van der Waals surface area contributed by atoms with Crippen LogP contribution >= 0.6 is 0 Å². The van der Waals surface area contributed by atoms with Crippen molar-refractivity contribution in [3.63, 3.8) is 0 Å². The molecule has 1 fully saturated rings. The monoisotopic (exact) mass is 314 g/mol. The first-order valence-electron chi connectivity index (χ1n) is 8.28. The number of aliphatic hydroxyl groups is 2. The van der Waals surface area contributed by atoms with Gasteiger partial charge in [-0.1, -0.05) is 33.6 Å². The highest BCUT2D eigenvalue weighted by Gasteiger charge is 2.46. The maximum absolute atomic E-state index is 12.4. The first kappa shape index (κ1) is 19.1. The second-order valence-electron chi connectivity index (χ2n) is 7.39. The molecule has 0 spiro atoms. The smallest absolute Gasteiger partial charge is 0.303 e. The molecule has 0 bridgehead atoms. The SMILES string of the molecule is CCCCC(C)(C)CCC(=O)[C@@H]1[C@@H](CC(=O)O)[C@@H](O)C[C@H]1O. The Morgan fingerprint density at radius 3 is 2.32 bits per heavy atom. The molecule has 1 rings (SSSR count). The van der Waals surface area contributed by atoms with Gasteiger partial charge in [0.1, 0.15) is 5.78 Å². The Bertz CT molecular complexity index is 391. The van der Waals surface area contributed by atoms with Gasteiger partial charge < -0.3 is 15.3 Å². The number of carboxylic acids is 1. The Hall–Kier alpha value is -0.940. The fraction of sp³-hybridized carbons (Fsp3) is 0.882. The van der Waals surface area contributed by atoms with Crippen LogP contribution in [0, 0.1) is 17.3 Å². The predicted molar refractivity (Wildman–Crippen MR) is 83.4 cm³/mol. The van der Waals surface area contributed by atoms with E-state index in [0.717, 1.165) is 25.7 Å². The number of rotatable bonds is 9. The fourth-order valence-corrected chi connectivity index (χ4v) is 3.42. The lowest BCUT2D eigenvalue weighted by Crippen LogP contribution is -2.32. The molecule has 3 N–H and O–H groups in total. The zero-order valence-corrected chi connectivity index (χ0v) is 13.9. The predicted octanol–water partition coefficient (Wildman–Crippen LogP) is 2.38. The molecule has 22 heavy (non-hydrogen) atoms. The van der Waals surface area contributed by atoms with Crippen molar-refractivity contribution in [3.05, 3.63) is 0 Å². The zero-order chi connectivity index (χ0) is 16.9. The second-order valence-corrected chi connectivity index (χ2v) is 7.39. The van der Waals surface area contributed by atoms with Crippen molar-refractivity contribution in [3.8, 4) is 0 Å². The largest absolute Gasteiger partial charge is 0.481 e. The molecule has 0 aromatic carbocycles. The summed E-state index contributed by atoms with van der Waals surface area (Å²) >= 11 is 0. The molecule has 0 aliphatic heterocycles. The van der Waals surface area contributed by atoms with Gasteiger partial charge in [-0.25, -0.2) is 0 Å². The third-order valence-electron chi connectivity index (χ3n) is 4.89. The number of ketones is 1. The quantitative estimate of drug-likeness (QED) is 0.607. The van der Waals surface area contributed by atoms with Crippen LogP contribution in [-0.2, 0) is 9.59 Å².